The van der Waals surface area contributed by atoms with Crippen molar-refractivity contribution in [3.05, 3.63) is 0 Å². The van der Waals surface area contributed by atoms with Crippen LogP contribution in [0.5, 0.6) is 0 Å². The molecule has 1 heterocycles. The summed E-state index contributed by atoms with van der Waals surface area (Å²) in [7, 11) is 5.31. The SMILES string of the molecule is [B]N[C@@H](C)C(=O)N1C[C@H](C)C[C@H]1C(=O)NC1(C(C)=O)CC1. The lowest BCUT2D eigenvalue weighted by Crippen LogP contribution is -2.54. The molecule has 2 radical (unpaired) electrons. The molecule has 1 aliphatic heterocycles. The summed E-state index contributed by atoms with van der Waals surface area (Å²) in [6.07, 6.45) is 1.99. The lowest BCUT2D eigenvalue weighted by Gasteiger charge is -2.28. The van der Waals surface area contributed by atoms with Gasteiger partial charge in [0, 0.05) is 6.54 Å². The Morgan fingerprint density at radius 2 is 1.95 bits per heavy atom. The Morgan fingerprint density at radius 3 is 2.43 bits per heavy atom. The van der Waals surface area contributed by atoms with Gasteiger partial charge in [-0.15, -0.1) is 0 Å². The molecule has 1 saturated heterocycles. The zero-order chi connectivity index (χ0) is 15.8. The number of carbonyl (C=O) groups excluding carboxylic acids is 3. The average Bonchev–Trinajstić information content (AvgIpc) is 3.12. The Labute approximate surface area is 126 Å². The van der Waals surface area contributed by atoms with Crippen LogP contribution in [-0.2, 0) is 14.4 Å². The molecule has 0 unspecified atom stereocenters. The molecule has 0 aromatic heterocycles. The Balaban J connectivity index is 2.07. The van der Waals surface area contributed by atoms with Crippen molar-refractivity contribution in [2.45, 2.75) is 57.7 Å². The van der Waals surface area contributed by atoms with Crippen LogP contribution in [0, 0.1) is 5.92 Å². The Morgan fingerprint density at radius 1 is 1.33 bits per heavy atom. The minimum atomic E-state index is -0.685. The van der Waals surface area contributed by atoms with Crippen LogP contribution in [0.2, 0.25) is 0 Å². The Bertz CT molecular complexity index is 464. The predicted octanol–water partition coefficient (Wildman–Crippen LogP) is -0.477. The van der Waals surface area contributed by atoms with Gasteiger partial charge in [0.15, 0.2) is 13.8 Å². The third-order valence-electron chi connectivity index (χ3n) is 4.50. The number of ketones is 1. The van der Waals surface area contributed by atoms with Crippen LogP contribution in [0.1, 0.15) is 40.0 Å². The zero-order valence-electron chi connectivity index (χ0n) is 12.8. The van der Waals surface area contributed by atoms with Gasteiger partial charge in [-0.1, -0.05) is 6.92 Å². The lowest BCUT2D eigenvalue weighted by molar-refractivity contribution is -0.140. The molecule has 114 valence electrons. The fraction of sp³-hybridized carbons (Fsp3) is 0.786. The topological polar surface area (TPSA) is 78.5 Å². The van der Waals surface area contributed by atoms with Gasteiger partial charge in [0.1, 0.15) is 6.04 Å². The molecule has 0 aromatic carbocycles. The van der Waals surface area contributed by atoms with Gasteiger partial charge in [0.05, 0.1) is 11.6 Å². The van der Waals surface area contributed by atoms with E-state index in [1.54, 1.807) is 11.8 Å². The molecular formula is C14H22BN3O3. The first kappa shape index (κ1) is 16.0. The number of carbonyl (C=O) groups is 3. The monoisotopic (exact) mass is 291 g/mol. The number of hydrogen-bond acceptors (Lipinski definition) is 4. The van der Waals surface area contributed by atoms with E-state index in [1.807, 2.05) is 6.92 Å². The van der Waals surface area contributed by atoms with Crippen molar-refractivity contribution in [2.75, 3.05) is 6.54 Å². The fourth-order valence-corrected chi connectivity index (χ4v) is 2.87. The molecule has 2 amide bonds. The lowest BCUT2D eigenvalue weighted by atomic mass is 10.1. The number of nitrogens with zero attached hydrogens (tertiary/aromatic N) is 1. The molecule has 1 saturated carbocycles. The van der Waals surface area contributed by atoms with E-state index in [4.69, 9.17) is 7.98 Å². The van der Waals surface area contributed by atoms with Gasteiger partial charge in [0.2, 0.25) is 11.8 Å². The Kier molecular flexibility index (Phi) is 4.42. The van der Waals surface area contributed by atoms with Crippen molar-refractivity contribution < 1.29 is 14.4 Å². The van der Waals surface area contributed by atoms with Crippen molar-refractivity contribution >= 4 is 25.6 Å². The van der Waals surface area contributed by atoms with E-state index in [1.165, 1.54) is 6.92 Å². The van der Waals surface area contributed by atoms with Gasteiger partial charge >= 0.3 is 0 Å². The van der Waals surface area contributed by atoms with Crippen LogP contribution in [0.3, 0.4) is 0 Å². The normalized spacial score (nSPS) is 28.0. The first-order chi connectivity index (χ1) is 9.80. The summed E-state index contributed by atoms with van der Waals surface area (Å²) in [5.41, 5.74) is -0.685. The van der Waals surface area contributed by atoms with Crippen LogP contribution in [0.15, 0.2) is 0 Å². The molecule has 2 aliphatic rings. The molecule has 0 bridgehead atoms. The summed E-state index contributed by atoms with van der Waals surface area (Å²) < 4.78 is 0. The maximum absolute atomic E-state index is 12.5. The van der Waals surface area contributed by atoms with Crippen LogP contribution in [0.4, 0.5) is 0 Å². The maximum atomic E-state index is 12.5. The van der Waals surface area contributed by atoms with Gasteiger partial charge in [-0.2, -0.15) is 0 Å². The van der Waals surface area contributed by atoms with E-state index >= 15 is 0 Å². The largest absolute Gasteiger partial charge is 0.356 e. The van der Waals surface area contributed by atoms with E-state index in [-0.39, 0.29) is 23.5 Å². The van der Waals surface area contributed by atoms with Crippen molar-refractivity contribution in [3.63, 3.8) is 0 Å². The second kappa shape index (κ2) is 5.79. The predicted molar refractivity (Wildman–Crippen MR) is 78.4 cm³/mol. The molecule has 2 rings (SSSR count). The molecule has 21 heavy (non-hydrogen) atoms. The average molecular weight is 291 g/mol. The number of nitrogens with one attached hydrogen (secondary N) is 2. The van der Waals surface area contributed by atoms with Crippen molar-refractivity contribution in [2.24, 2.45) is 5.92 Å². The summed E-state index contributed by atoms with van der Waals surface area (Å²) in [5, 5.41) is 5.25. The highest BCUT2D eigenvalue weighted by atomic mass is 16.2. The van der Waals surface area contributed by atoms with Gasteiger partial charge in [-0.05, 0) is 39.0 Å². The standard InChI is InChI=1S/C14H22BN3O3/c1-8-6-11(18(7-8)13(21)9(2)17-15)12(20)16-14(4-5-14)10(3)19/h8-9,11,17H,4-7H2,1-3H3,(H,16,20)/t8-,9+,11+/m1/s1. The molecule has 3 atom stereocenters. The number of likely N-dealkylation sites (tertiary alicyclic amines) is 1. The molecule has 7 heteroatoms. The molecule has 2 N–H and O–H groups in total. The molecule has 2 fully saturated rings. The van der Waals surface area contributed by atoms with Gasteiger partial charge in [-0.3, -0.25) is 14.4 Å². The van der Waals surface area contributed by atoms with Crippen molar-refractivity contribution in [1.82, 2.24) is 15.4 Å². The minimum absolute atomic E-state index is 0.0169. The van der Waals surface area contributed by atoms with Crippen LogP contribution < -0.4 is 10.5 Å². The third-order valence-corrected chi connectivity index (χ3v) is 4.50. The minimum Gasteiger partial charge on any atom is -0.356 e. The number of amides is 2. The fourth-order valence-electron chi connectivity index (χ4n) is 2.87. The first-order valence-electron chi connectivity index (χ1n) is 7.40. The Hall–Kier alpha value is -1.37. The second-order valence-electron chi connectivity index (χ2n) is 6.36. The summed E-state index contributed by atoms with van der Waals surface area (Å²) in [6, 6.07) is -1.05. The summed E-state index contributed by atoms with van der Waals surface area (Å²) in [5.74, 6) is -0.182. The van der Waals surface area contributed by atoms with Gasteiger partial charge in [0.25, 0.3) is 0 Å². The highest BCUT2D eigenvalue weighted by molar-refractivity contribution is 6.07. The zero-order valence-corrected chi connectivity index (χ0v) is 12.8. The van der Waals surface area contributed by atoms with E-state index in [0.717, 1.165) is 0 Å². The van der Waals surface area contributed by atoms with E-state index < -0.39 is 17.6 Å². The van der Waals surface area contributed by atoms with Crippen LogP contribution in [-0.4, -0.2) is 54.6 Å². The second-order valence-corrected chi connectivity index (χ2v) is 6.36. The van der Waals surface area contributed by atoms with E-state index in [9.17, 15) is 14.4 Å². The van der Waals surface area contributed by atoms with Crippen LogP contribution >= 0.6 is 0 Å². The first-order valence-corrected chi connectivity index (χ1v) is 7.40. The molecule has 1 aliphatic carbocycles. The summed E-state index contributed by atoms with van der Waals surface area (Å²) >= 11 is 0. The van der Waals surface area contributed by atoms with Crippen molar-refractivity contribution in [1.29, 1.82) is 0 Å². The van der Waals surface area contributed by atoms with E-state index in [2.05, 4.69) is 10.5 Å². The summed E-state index contributed by atoms with van der Waals surface area (Å²) in [6.45, 7) is 5.70. The maximum Gasteiger partial charge on any atom is 0.243 e. The third kappa shape index (κ3) is 3.12. The van der Waals surface area contributed by atoms with Gasteiger partial charge in [-0.25, -0.2) is 0 Å². The van der Waals surface area contributed by atoms with Crippen LogP contribution in [0.25, 0.3) is 0 Å². The highest BCUT2D eigenvalue weighted by Gasteiger charge is 2.50. The van der Waals surface area contributed by atoms with E-state index in [0.29, 0.717) is 25.8 Å². The van der Waals surface area contributed by atoms with Crippen molar-refractivity contribution in [3.8, 4) is 0 Å². The summed E-state index contributed by atoms with van der Waals surface area (Å²) in [4.78, 5) is 37.9. The molecule has 0 spiro atoms. The quantitative estimate of drug-likeness (QED) is 0.671. The molecular weight excluding hydrogens is 269 g/mol. The highest BCUT2D eigenvalue weighted by Crippen LogP contribution is 2.37. The smallest absolute Gasteiger partial charge is 0.243 e. The number of hydrogen-bond donors (Lipinski definition) is 2. The van der Waals surface area contributed by atoms with Gasteiger partial charge < -0.3 is 15.4 Å². The number of rotatable bonds is 5. The molecule has 0 aromatic rings. The number of Topliss-reactive ketones (excluding diaryl/α,β-unsaturated/α-hetero) is 1. The molecule has 6 nitrogen and oxygen atoms in total.